The van der Waals surface area contributed by atoms with Gasteiger partial charge in [0.2, 0.25) is 11.8 Å². The van der Waals surface area contributed by atoms with E-state index < -0.39 is 35.7 Å². The number of aromatic nitrogens is 3. The van der Waals surface area contributed by atoms with E-state index in [-0.39, 0.29) is 36.5 Å². The zero-order valence-electron chi connectivity index (χ0n) is 26.2. The van der Waals surface area contributed by atoms with Crippen LogP contribution in [-0.2, 0) is 20.8 Å². The first kappa shape index (κ1) is 31.6. The summed E-state index contributed by atoms with van der Waals surface area (Å²) in [6, 6.07) is 9.11. The van der Waals surface area contributed by atoms with Crippen molar-refractivity contribution in [2.24, 2.45) is 4.99 Å². The Morgan fingerprint density at radius 3 is 2.60 bits per heavy atom. The minimum Gasteiger partial charge on any atom is -0.352 e. The van der Waals surface area contributed by atoms with E-state index in [2.05, 4.69) is 25.8 Å². The molecule has 3 aliphatic rings. The Hall–Kier alpha value is -5.33. The second kappa shape index (κ2) is 13.2. The highest BCUT2D eigenvalue weighted by molar-refractivity contribution is 6.24. The van der Waals surface area contributed by atoms with Gasteiger partial charge in [-0.1, -0.05) is 31.0 Å². The lowest BCUT2D eigenvalue weighted by Gasteiger charge is -2.27. The molecule has 13 heteroatoms. The number of hydrogen-bond donors (Lipinski definition) is 2. The molecule has 2 aromatic carbocycles. The summed E-state index contributed by atoms with van der Waals surface area (Å²) >= 11 is 0. The standard InChI is InChI=1S/C34H35N7O6/c1-19(42)16-25-30-39-38-20(2)40(30)27-17-22(11-12-23(27)18-36-25)31(44)35-15-6-4-3-5-8-21-9-7-10-24-29(21)34(47)41(33(24)46)26-13-14-28(43)37-32(26)45/h7,9-12,17-18,25-26H,3-6,8,13-16H2,1-2H3,(H,35,44)(H,37,43,45)/t25-,26?/m0/s1. The third-order valence-corrected chi connectivity index (χ3v) is 8.77. The minimum atomic E-state index is -0.989. The van der Waals surface area contributed by atoms with Crippen LogP contribution in [-0.4, -0.2) is 73.8 Å². The molecule has 3 aromatic rings. The predicted octanol–water partition coefficient (Wildman–Crippen LogP) is 2.96. The lowest BCUT2D eigenvalue weighted by Crippen LogP contribution is -2.54. The number of aliphatic imine (C=N–C) groups is 1. The van der Waals surface area contributed by atoms with Gasteiger partial charge in [0.15, 0.2) is 5.82 Å². The SMILES string of the molecule is CC(=O)C[C@@H]1N=Cc2ccc(C(=O)NCCCCCCc3cccc4c3C(=O)N(C3CCC(=O)NC3=O)C4=O)cc2-n2c(C)nnc21. The highest BCUT2D eigenvalue weighted by Gasteiger charge is 2.45. The van der Waals surface area contributed by atoms with E-state index in [1.54, 1.807) is 30.5 Å². The van der Waals surface area contributed by atoms with E-state index in [1.807, 2.05) is 23.6 Å². The van der Waals surface area contributed by atoms with E-state index in [0.29, 0.717) is 35.7 Å². The van der Waals surface area contributed by atoms with E-state index in [9.17, 15) is 28.8 Å². The Morgan fingerprint density at radius 1 is 1.00 bits per heavy atom. The molecule has 242 valence electrons. The number of amides is 5. The summed E-state index contributed by atoms with van der Waals surface area (Å²) in [5.74, 6) is -1.03. The Morgan fingerprint density at radius 2 is 1.81 bits per heavy atom. The third kappa shape index (κ3) is 6.25. The summed E-state index contributed by atoms with van der Waals surface area (Å²) in [6.45, 7) is 3.83. The van der Waals surface area contributed by atoms with Gasteiger partial charge in [0, 0.05) is 36.7 Å². The summed E-state index contributed by atoms with van der Waals surface area (Å²) < 4.78 is 1.85. The summed E-state index contributed by atoms with van der Waals surface area (Å²) in [6.07, 6.45) is 5.96. The molecular weight excluding hydrogens is 602 g/mol. The topological polar surface area (TPSA) is 173 Å². The van der Waals surface area contributed by atoms with Crippen LogP contribution in [0.5, 0.6) is 0 Å². The lowest BCUT2D eigenvalue weighted by atomic mass is 9.97. The summed E-state index contributed by atoms with van der Waals surface area (Å²) in [5, 5.41) is 13.7. The molecule has 1 aromatic heterocycles. The van der Waals surface area contributed by atoms with E-state index in [0.717, 1.165) is 47.4 Å². The average Bonchev–Trinajstić information content (AvgIpc) is 3.49. The number of fused-ring (bicyclic) bond motifs is 4. The molecule has 13 nitrogen and oxygen atoms in total. The molecular formula is C34H35N7O6. The van der Waals surface area contributed by atoms with Gasteiger partial charge in [-0.3, -0.25) is 48.5 Å². The largest absolute Gasteiger partial charge is 0.352 e. The molecule has 6 rings (SSSR count). The fourth-order valence-corrected chi connectivity index (χ4v) is 6.42. The van der Waals surface area contributed by atoms with Crippen LogP contribution in [0.1, 0.15) is 112 Å². The van der Waals surface area contributed by atoms with Crippen molar-refractivity contribution in [1.82, 2.24) is 30.3 Å². The Labute approximate surface area is 270 Å². The van der Waals surface area contributed by atoms with Gasteiger partial charge >= 0.3 is 0 Å². The Balaban J connectivity index is 1.00. The molecule has 2 N–H and O–H groups in total. The van der Waals surface area contributed by atoms with Crippen LogP contribution in [0.3, 0.4) is 0 Å². The molecule has 0 saturated carbocycles. The Kier molecular flexibility index (Phi) is 8.88. The molecule has 0 bridgehead atoms. The number of nitrogens with one attached hydrogen (secondary N) is 2. The molecule has 0 spiro atoms. The molecule has 3 aliphatic heterocycles. The predicted molar refractivity (Wildman–Crippen MR) is 169 cm³/mol. The molecule has 2 atom stereocenters. The van der Waals surface area contributed by atoms with Gasteiger partial charge in [-0.25, -0.2) is 0 Å². The molecule has 1 unspecified atom stereocenters. The molecule has 0 aliphatic carbocycles. The lowest BCUT2D eigenvalue weighted by molar-refractivity contribution is -0.136. The second-order valence-corrected chi connectivity index (χ2v) is 12.1. The van der Waals surface area contributed by atoms with E-state index in [1.165, 1.54) is 6.92 Å². The minimum absolute atomic E-state index is 0.00101. The number of benzene rings is 2. The summed E-state index contributed by atoms with van der Waals surface area (Å²) in [5.41, 5.74) is 3.41. The first-order valence-corrected chi connectivity index (χ1v) is 15.8. The maximum absolute atomic E-state index is 13.3. The van der Waals surface area contributed by atoms with Gasteiger partial charge in [0.05, 0.1) is 16.8 Å². The van der Waals surface area contributed by atoms with Crippen LogP contribution in [0.4, 0.5) is 0 Å². The van der Waals surface area contributed by atoms with E-state index in [4.69, 9.17) is 0 Å². The number of hydrogen-bond acceptors (Lipinski definition) is 9. The van der Waals surface area contributed by atoms with E-state index >= 15 is 0 Å². The van der Waals surface area contributed by atoms with Gasteiger partial charge in [0.1, 0.15) is 23.7 Å². The third-order valence-electron chi connectivity index (χ3n) is 8.77. The van der Waals surface area contributed by atoms with Crippen molar-refractivity contribution < 1.29 is 28.8 Å². The van der Waals surface area contributed by atoms with Crippen LogP contribution in [0.2, 0.25) is 0 Å². The summed E-state index contributed by atoms with van der Waals surface area (Å²) in [4.78, 5) is 80.7. The zero-order chi connectivity index (χ0) is 33.2. The quantitative estimate of drug-likeness (QED) is 0.239. The number of carbonyl (C=O) groups is 6. The van der Waals surface area contributed by atoms with Crippen LogP contribution < -0.4 is 10.6 Å². The highest BCUT2D eigenvalue weighted by atomic mass is 16.2. The van der Waals surface area contributed by atoms with Crippen LogP contribution >= 0.6 is 0 Å². The van der Waals surface area contributed by atoms with Crippen LogP contribution in [0.15, 0.2) is 41.4 Å². The molecule has 1 fully saturated rings. The first-order chi connectivity index (χ1) is 22.6. The first-order valence-electron chi connectivity index (χ1n) is 15.8. The molecule has 4 heterocycles. The molecule has 0 radical (unpaired) electrons. The second-order valence-electron chi connectivity index (χ2n) is 12.1. The van der Waals surface area contributed by atoms with Gasteiger partial charge < -0.3 is 5.32 Å². The Bertz CT molecular complexity index is 1840. The van der Waals surface area contributed by atoms with Crippen molar-refractivity contribution in [1.29, 1.82) is 0 Å². The fourth-order valence-electron chi connectivity index (χ4n) is 6.42. The molecule has 47 heavy (non-hydrogen) atoms. The van der Waals surface area contributed by atoms with Gasteiger partial charge in [-0.2, -0.15) is 0 Å². The number of unbranched alkanes of at least 4 members (excludes halogenated alkanes) is 3. The van der Waals surface area contributed by atoms with Gasteiger partial charge in [0.25, 0.3) is 17.7 Å². The number of piperidine rings is 1. The van der Waals surface area contributed by atoms with Crippen molar-refractivity contribution in [2.75, 3.05) is 6.54 Å². The number of imide groups is 2. The summed E-state index contributed by atoms with van der Waals surface area (Å²) in [7, 11) is 0. The number of aryl methyl sites for hydroxylation is 2. The number of carbonyl (C=O) groups excluding carboxylic acids is 6. The number of ketones is 1. The van der Waals surface area contributed by atoms with Crippen LogP contribution in [0, 0.1) is 6.92 Å². The average molecular weight is 638 g/mol. The fraction of sp³-hybridized carbons (Fsp3) is 0.382. The van der Waals surface area contributed by atoms with Crippen LogP contribution in [0.25, 0.3) is 5.69 Å². The van der Waals surface area contributed by atoms with Gasteiger partial charge in [-0.05, 0) is 63.3 Å². The highest BCUT2D eigenvalue weighted by Crippen LogP contribution is 2.31. The van der Waals surface area contributed by atoms with Crippen molar-refractivity contribution in [3.05, 3.63) is 75.9 Å². The van der Waals surface area contributed by atoms with Gasteiger partial charge in [-0.15, -0.1) is 10.2 Å². The monoisotopic (exact) mass is 637 g/mol. The zero-order valence-corrected chi connectivity index (χ0v) is 26.2. The molecule has 5 amide bonds. The number of nitrogens with zero attached hydrogens (tertiary/aromatic N) is 5. The van der Waals surface area contributed by atoms with Crippen molar-refractivity contribution in [2.45, 2.75) is 77.3 Å². The van der Waals surface area contributed by atoms with Crippen molar-refractivity contribution in [3.63, 3.8) is 0 Å². The van der Waals surface area contributed by atoms with Crippen molar-refractivity contribution >= 4 is 41.5 Å². The normalized spacial score (nSPS) is 18.4. The smallest absolute Gasteiger partial charge is 0.262 e. The van der Waals surface area contributed by atoms with Crippen molar-refractivity contribution in [3.8, 4) is 5.69 Å². The number of Topliss-reactive ketones (excluding diaryl/α,β-unsaturated/α-hetero) is 1. The maximum Gasteiger partial charge on any atom is 0.262 e. The maximum atomic E-state index is 13.3. The molecule has 1 saturated heterocycles. The number of rotatable bonds is 11.